The maximum Gasteiger partial charge on any atom is 0.306 e. The standard InChI is InChI=1S/C50H92O9/c1-3-5-7-9-11-13-15-17-19-20-21-22-23-24-25-27-29-31-33-35-37-39-46(52)58-44(43-57-50-49(55)48(54)47(53)45(41-51)59-50)42-56-40-38-36-34-32-30-28-26-18-16-14-12-10-8-6-4-2/h15-18,20-21,44-45,47-51,53-55H,3-14,19,22-43H2,1-2H3/b17-15-,18-16-,21-20-. The maximum absolute atomic E-state index is 12.8. The Morgan fingerprint density at radius 1 is 0.542 bits per heavy atom. The number of carbonyl (C=O) groups is 1. The lowest BCUT2D eigenvalue weighted by atomic mass is 9.99. The molecule has 0 bridgehead atoms. The molecule has 4 N–H and O–H groups in total. The van der Waals surface area contributed by atoms with E-state index in [1.165, 1.54) is 154 Å². The molecular weight excluding hydrogens is 745 g/mol. The minimum Gasteiger partial charge on any atom is -0.457 e. The Balaban J connectivity index is 2.22. The third kappa shape index (κ3) is 32.7. The lowest BCUT2D eigenvalue weighted by molar-refractivity contribution is -0.305. The molecule has 0 radical (unpaired) electrons. The molecule has 0 aliphatic carbocycles. The summed E-state index contributed by atoms with van der Waals surface area (Å²) in [6.07, 6.45) is 43.1. The SMILES string of the molecule is CCCCCCC/C=C\C/C=C\CCCCCCCCCCCC(=O)OC(COCCCCCCCC/C=C\CCCCCCC)COC1OC(CO)C(O)C(O)C1O. The van der Waals surface area contributed by atoms with Crippen molar-refractivity contribution >= 4 is 5.97 Å². The van der Waals surface area contributed by atoms with Crippen LogP contribution in [-0.2, 0) is 23.7 Å². The quantitative estimate of drug-likeness (QED) is 0.0269. The van der Waals surface area contributed by atoms with E-state index in [0.717, 1.165) is 38.5 Å². The van der Waals surface area contributed by atoms with Gasteiger partial charge in [-0.2, -0.15) is 0 Å². The number of aliphatic hydroxyl groups excluding tert-OH is 4. The van der Waals surface area contributed by atoms with E-state index in [4.69, 9.17) is 18.9 Å². The number of esters is 1. The summed E-state index contributed by atoms with van der Waals surface area (Å²) < 4.78 is 22.9. The normalized spacial score (nSPS) is 20.4. The second-order valence-corrected chi connectivity index (χ2v) is 16.9. The highest BCUT2D eigenvalue weighted by molar-refractivity contribution is 5.69. The highest BCUT2D eigenvalue weighted by Gasteiger charge is 2.44. The van der Waals surface area contributed by atoms with Crippen LogP contribution in [0.1, 0.15) is 213 Å². The zero-order valence-electron chi connectivity index (χ0n) is 38.0. The summed E-state index contributed by atoms with van der Waals surface area (Å²) in [6.45, 7) is 4.54. The Labute approximate surface area is 361 Å². The summed E-state index contributed by atoms with van der Waals surface area (Å²) in [5.41, 5.74) is 0. The molecule has 59 heavy (non-hydrogen) atoms. The van der Waals surface area contributed by atoms with Crippen LogP contribution in [0.3, 0.4) is 0 Å². The fourth-order valence-corrected chi connectivity index (χ4v) is 7.40. The summed E-state index contributed by atoms with van der Waals surface area (Å²) in [7, 11) is 0. The minimum atomic E-state index is -1.54. The van der Waals surface area contributed by atoms with Crippen molar-refractivity contribution in [2.24, 2.45) is 0 Å². The van der Waals surface area contributed by atoms with Gasteiger partial charge in [-0.3, -0.25) is 4.79 Å². The third-order valence-electron chi connectivity index (χ3n) is 11.3. The summed E-state index contributed by atoms with van der Waals surface area (Å²) >= 11 is 0. The Bertz CT molecular complexity index is 999. The fourth-order valence-electron chi connectivity index (χ4n) is 7.40. The van der Waals surface area contributed by atoms with Crippen LogP contribution in [0.2, 0.25) is 0 Å². The second-order valence-electron chi connectivity index (χ2n) is 16.9. The number of allylic oxidation sites excluding steroid dienone is 6. The van der Waals surface area contributed by atoms with Crippen LogP contribution in [0.25, 0.3) is 0 Å². The van der Waals surface area contributed by atoms with Crippen LogP contribution in [-0.4, -0.2) is 89.6 Å². The van der Waals surface area contributed by atoms with Crippen LogP contribution < -0.4 is 0 Å². The average Bonchev–Trinajstić information content (AvgIpc) is 3.24. The molecule has 9 heteroatoms. The van der Waals surface area contributed by atoms with Gasteiger partial charge in [-0.15, -0.1) is 0 Å². The lowest BCUT2D eigenvalue weighted by Crippen LogP contribution is -2.59. The molecule has 6 unspecified atom stereocenters. The van der Waals surface area contributed by atoms with E-state index in [0.29, 0.717) is 13.0 Å². The summed E-state index contributed by atoms with van der Waals surface area (Å²) in [6, 6.07) is 0. The van der Waals surface area contributed by atoms with Gasteiger partial charge in [-0.25, -0.2) is 0 Å². The molecule has 0 saturated carbocycles. The van der Waals surface area contributed by atoms with Gasteiger partial charge in [0.05, 0.1) is 19.8 Å². The van der Waals surface area contributed by atoms with Gasteiger partial charge in [0.1, 0.15) is 30.5 Å². The fraction of sp³-hybridized carbons (Fsp3) is 0.860. The summed E-state index contributed by atoms with van der Waals surface area (Å²) in [5.74, 6) is -0.319. The smallest absolute Gasteiger partial charge is 0.306 e. The van der Waals surface area contributed by atoms with E-state index in [-0.39, 0.29) is 19.2 Å². The van der Waals surface area contributed by atoms with Gasteiger partial charge in [0, 0.05) is 13.0 Å². The molecule has 0 amide bonds. The number of rotatable bonds is 42. The molecule has 6 atom stereocenters. The highest BCUT2D eigenvalue weighted by Crippen LogP contribution is 2.23. The van der Waals surface area contributed by atoms with Crippen LogP contribution in [0.4, 0.5) is 0 Å². The van der Waals surface area contributed by atoms with Crippen molar-refractivity contribution in [2.45, 2.75) is 250 Å². The molecule has 0 aromatic heterocycles. The van der Waals surface area contributed by atoms with Crippen LogP contribution in [0.15, 0.2) is 36.5 Å². The van der Waals surface area contributed by atoms with Gasteiger partial charge < -0.3 is 39.4 Å². The number of hydrogen-bond acceptors (Lipinski definition) is 9. The van der Waals surface area contributed by atoms with Gasteiger partial charge >= 0.3 is 5.97 Å². The molecule has 1 fully saturated rings. The van der Waals surface area contributed by atoms with Crippen molar-refractivity contribution in [1.29, 1.82) is 0 Å². The van der Waals surface area contributed by atoms with Crippen molar-refractivity contribution in [3.05, 3.63) is 36.5 Å². The number of ether oxygens (including phenoxy) is 4. The number of hydrogen-bond donors (Lipinski definition) is 4. The Morgan fingerprint density at radius 2 is 0.983 bits per heavy atom. The minimum absolute atomic E-state index is 0.116. The molecular formula is C50H92O9. The monoisotopic (exact) mass is 837 g/mol. The highest BCUT2D eigenvalue weighted by atomic mass is 16.7. The van der Waals surface area contributed by atoms with Crippen molar-refractivity contribution in [3.63, 3.8) is 0 Å². The lowest BCUT2D eigenvalue weighted by Gasteiger charge is -2.39. The van der Waals surface area contributed by atoms with Crippen LogP contribution >= 0.6 is 0 Å². The number of aliphatic hydroxyl groups is 4. The first-order valence-corrected chi connectivity index (χ1v) is 24.6. The molecule has 1 rings (SSSR count). The average molecular weight is 837 g/mol. The molecule has 0 aromatic rings. The Hall–Kier alpha value is -1.59. The molecule has 1 aliphatic rings. The van der Waals surface area contributed by atoms with Gasteiger partial charge in [0.15, 0.2) is 6.29 Å². The van der Waals surface area contributed by atoms with Gasteiger partial charge in [0.2, 0.25) is 0 Å². The van der Waals surface area contributed by atoms with E-state index < -0.39 is 43.4 Å². The van der Waals surface area contributed by atoms with E-state index in [2.05, 4.69) is 50.3 Å². The summed E-state index contributed by atoms with van der Waals surface area (Å²) in [5, 5.41) is 40.2. The largest absolute Gasteiger partial charge is 0.457 e. The third-order valence-corrected chi connectivity index (χ3v) is 11.3. The van der Waals surface area contributed by atoms with Crippen molar-refractivity contribution in [2.75, 3.05) is 26.4 Å². The van der Waals surface area contributed by atoms with E-state index in [9.17, 15) is 25.2 Å². The van der Waals surface area contributed by atoms with Crippen molar-refractivity contribution < 1.29 is 44.2 Å². The van der Waals surface area contributed by atoms with Gasteiger partial charge in [-0.05, 0) is 70.6 Å². The van der Waals surface area contributed by atoms with Crippen molar-refractivity contribution in [1.82, 2.24) is 0 Å². The molecule has 0 spiro atoms. The Kier molecular flexibility index (Phi) is 39.2. The topological polar surface area (TPSA) is 135 Å². The van der Waals surface area contributed by atoms with Crippen LogP contribution in [0.5, 0.6) is 0 Å². The van der Waals surface area contributed by atoms with Gasteiger partial charge in [0.25, 0.3) is 0 Å². The Morgan fingerprint density at radius 3 is 1.47 bits per heavy atom. The van der Waals surface area contributed by atoms with Gasteiger partial charge in [-0.1, -0.05) is 172 Å². The number of unbranched alkanes of at least 4 members (excludes halogenated alkanes) is 25. The van der Waals surface area contributed by atoms with E-state index >= 15 is 0 Å². The summed E-state index contributed by atoms with van der Waals surface area (Å²) in [4.78, 5) is 12.8. The molecule has 0 aromatic carbocycles. The second kappa shape index (κ2) is 41.7. The molecule has 1 saturated heterocycles. The zero-order chi connectivity index (χ0) is 42.9. The van der Waals surface area contributed by atoms with Crippen molar-refractivity contribution in [3.8, 4) is 0 Å². The molecule has 1 heterocycles. The number of carbonyl (C=O) groups excluding carboxylic acids is 1. The maximum atomic E-state index is 12.8. The molecule has 1 aliphatic heterocycles. The first-order chi connectivity index (χ1) is 28.9. The van der Waals surface area contributed by atoms with E-state index in [1.54, 1.807) is 0 Å². The van der Waals surface area contributed by atoms with Crippen LogP contribution in [0, 0.1) is 0 Å². The first-order valence-electron chi connectivity index (χ1n) is 24.6. The van der Waals surface area contributed by atoms with E-state index in [1.807, 2.05) is 0 Å². The molecule has 346 valence electrons. The zero-order valence-corrected chi connectivity index (χ0v) is 38.0. The first kappa shape index (κ1) is 55.4. The predicted octanol–water partition coefficient (Wildman–Crippen LogP) is 11.5. The predicted molar refractivity (Wildman–Crippen MR) is 242 cm³/mol. The molecule has 9 nitrogen and oxygen atoms in total.